The van der Waals surface area contributed by atoms with Crippen molar-refractivity contribution in [3.63, 3.8) is 0 Å². The fourth-order valence-corrected chi connectivity index (χ4v) is 3.65. The highest BCUT2D eigenvalue weighted by atomic mass is 31.2. The predicted molar refractivity (Wildman–Crippen MR) is 109 cm³/mol. The van der Waals surface area contributed by atoms with Crippen LogP contribution in [-0.4, -0.2) is 39.8 Å². The maximum Gasteiger partial charge on any atom is 0.327 e. The third-order valence-electron chi connectivity index (χ3n) is 5.22. The number of unbranched alkanes of at least 4 members (excludes halogenated alkanes) is 13. The average Bonchev–Trinajstić information content (AvgIpc) is 2.64. The van der Waals surface area contributed by atoms with Crippen LogP contribution in [0, 0.1) is 5.41 Å². The molecule has 0 spiro atoms. The summed E-state index contributed by atoms with van der Waals surface area (Å²) >= 11 is 0. The molecule has 6 heteroatoms. The largest absolute Gasteiger partial charge is 0.396 e. The monoisotopic (exact) mass is 394 g/mol. The Hall–Kier alpha value is 0.230. The molecular formula is C20H43O5P. The topological polar surface area (TPSA) is 90.2 Å². The number of hydrogen-bond acceptors (Lipinski definition) is 5. The van der Waals surface area contributed by atoms with E-state index in [0.29, 0.717) is 6.42 Å². The normalized spacial score (nSPS) is 12.2. The van der Waals surface area contributed by atoms with Gasteiger partial charge in [0.2, 0.25) is 0 Å². The summed E-state index contributed by atoms with van der Waals surface area (Å²) < 4.78 is 4.81. The first-order valence-corrected chi connectivity index (χ1v) is 11.8. The molecule has 0 aliphatic heterocycles. The maximum atomic E-state index is 9.50. The lowest BCUT2D eigenvalue weighted by Gasteiger charge is -2.29. The molecule has 0 aromatic heterocycles. The minimum absolute atomic E-state index is 0.0167. The minimum Gasteiger partial charge on any atom is -0.396 e. The second kappa shape index (κ2) is 18.6. The molecule has 0 rings (SSSR count). The zero-order valence-corrected chi connectivity index (χ0v) is 17.8. The molecule has 0 fully saturated rings. The zero-order valence-electron chi connectivity index (χ0n) is 16.9. The van der Waals surface area contributed by atoms with E-state index in [0.717, 1.165) is 12.8 Å². The van der Waals surface area contributed by atoms with Gasteiger partial charge in [0.25, 0.3) is 0 Å². The Morgan fingerprint density at radius 1 is 0.654 bits per heavy atom. The van der Waals surface area contributed by atoms with Gasteiger partial charge in [0.15, 0.2) is 0 Å². The van der Waals surface area contributed by atoms with Gasteiger partial charge in [-0.25, -0.2) is 0 Å². The lowest BCUT2D eigenvalue weighted by Crippen LogP contribution is -2.34. The summed E-state index contributed by atoms with van der Waals surface area (Å²) in [6.07, 6.45) is 18.7. The van der Waals surface area contributed by atoms with Crippen LogP contribution < -0.4 is 0 Å². The summed E-state index contributed by atoms with van der Waals surface area (Å²) in [5.74, 6) is 0. The molecule has 0 aromatic carbocycles. The Bertz CT molecular complexity index is 285. The molecule has 0 unspecified atom stereocenters. The van der Waals surface area contributed by atoms with Crippen LogP contribution in [-0.2, 0) is 4.52 Å². The van der Waals surface area contributed by atoms with Gasteiger partial charge in [-0.05, 0) is 6.42 Å². The van der Waals surface area contributed by atoms with E-state index in [4.69, 9.17) is 14.3 Å². The van der Waals surface area contributed by atoms with E-state index >= 15 is 0 Å². The molecule has 26 heavy (non-hydrogen) atoms. The molecule has 0 amide bonds. The molecule has 0 heterocycles. The summed E-state index contributed by atoms with van der Waals surface area (Å²) in [5.41, 5.74) is -0.761. The number of aliphatic hydroxyl groups excluding tert-OH is 2. The molecule has 0 aromatic rings. The van der Waals surface area contributed by atoms with Crippen molar-refractivity contribution in [3.8, 4) is 0 Å². The quantitative estimate of drug-likeness (QED) is 0.171. The molecule has 4 N–H and O–H groups in total. The molecule has 0 bridgehead atoms. The van der Waals surface area contributed by atoms with Gasteiger partial charge >= 0.3 is 8.60 Å². The van der Waals surface area contributed by atoms with Crippen molar-refractivity contribution in [1.82, 2.24) is 0 Å². The third-order valence-corrected chi connectivity index (χ3v) is 5.58. The van der Waals surface area contributed by atoms with Crippen molar-refractivity contribution in [1.29, 1.82) is 0 Å². The Morgan fingerprint density at radius 2 is 1.04 bits per heavy atom. The standard InChI is InChI=1S/C20H43O5P/c1-2-3-4-5-6-7-8-9-10-11-12-13-14-15-16-20(17-21,18-22)19-25-26(23)24/h21-24H,2-19H2,1H3. The summed E-state index contributed by atoms with van der Waals surface area (Å²) in [7, 11) is -2.44. The van der Waals surface area contributed by atoms with Crippen LogP contribution in [0.2, 0.25) is 0 Å². The van der Waals surface area contributed by atoms with Crippen molar-refractivity contribution < 1.29 is 24.5 Å². The van der Waals surface area contributed by atoms with E-state index in [1.165, 1.54) is 77.0 Å². The predicted octanol–water partition coefficient (Wildman–Crippen LogP) is 5.06. The Balaban J connectivity index is 3.48. The fraction of sp³-hybridized carbons (Fsp3) is 1.00. The molecule has 0 radical (unpaired) electrons. The lowest BCUT2D eigenvalue weighted by atomic mass is 9.85. The molecule has 0 saturated heterocycles. The highest BCUT2D eigenvalue weighted by Gasteiger charge is 2.29. The maximum absolute atomic E-state index is 9.50. The van der Waals surface area contributed by atoms with Crippen LogP contribution in [0.4, 0.5) is 0 Å². The first-order valence-electron chi connectivity index (χ1n) is 10.6. The van der Waals surface area contributed by atoms with Gasteiger partial charge in [-0.15, -0.1) is 0 Å². The van der Waals surface area contributed by atoms with Gasteiger partial charge < -0.3 is 24.5 Å². The number of aliphatic hydroxyl groups is 2. The number of hydrogen-bond donors (Lipinski definition) is 4. The van der Waals surface area contributed by atoms with Crippen molar-refractivity contribution in [2.45, 2.75) is 103 Å². The van der Waals surface area contributed by atoms with Gasteiger partial charge in [0.1, 0.15) is 0 Å². The van der Waals surface area contributed by atoms with E-state index in [1.807, 2.05) is 0 Å². The summed E-state index contributed by atoms with van der Waals surface area (Å²) in [6, 6.07) is 0. The Kier molecular flexibility index (Phi) is 18.8. The summed E-state index contributed by atoms with van der Waals surface area (Å²) in [6.45, 7) is 1.83. The van der Waals surface area contributed by atoms with E-state index in [9.17, 15) is 10.2 Å². The average molecular weight is 395 g/mol. The third kappa shape index (κ3) is 15.3. The Morgan fingerprint density at radius 3 is 1.38 bits per heavy atom. The van der Waals surface area contributed by atoms with Crippen LogP contribution in [0.3, 0.4) is 0 Å². The molecule has 5 nitrogen and oxygen atoms in total. The first kappa shape index (κ1) is 26.2. The summed E-state index contributed by atoms with van der Waals surface area (Å²) in [4.78, 5) is 17.7. The van der Waals surface area contributed by atoms with Gasteiger partial charge in [-0.3, -0.25) is 0 Å². The van der Waals surface area contributed by atoms with Crippen LogP contribution in [0.15, 0.2) is 0 Å². The van der Waals surface area contributed by atoms with Crippen LogP contribution in [0.25, 0.3) is 0 Å². The van der Waals surface area contributed by atoms with Gasteiger partial charge in [0.05, 0.1) is 19.8 Å². The highest BCUT2D eigenvalue weighted by molar-refractivity contribution is 7.39. The second-order valence-electron chi connectivity index (χ2n) is 7.69. The van der Waals surface area contributed by atoms with E-state index in [-0.39, 0.29) is 19.8 Å². The van der Waals surface area contributed by atoms with Gasteiger partial charge in [0, 0.05) is 5.41 Å². The molecular weight excluding hydrogens is 351 g/mol. The van der Waals surface area contributed by atoms with Crippen molar-refractivity contribution in [2.75, 3.05) is 19.8 Å². The van der Waals surface area contributed by atoms with Gasteiger partial charge in [-0.1, -0.05) is 96.8 Å². The molecule has 158 valence electrons. The molecule has 0 aliphatic carbocycles. The SMILES string of the molecule is CCCCCCCCCCCCCCCCC(CO)(CO)COP(O)O. The Labute approximate surface area is 162 Å². The van der Waals surface area contributed by atoms with E-state index < -0.39 is 14.0 Å². The zero-order chi connectivity index (χ0) is 19.5. The van der Waals surface area contributed by atoms with E-state index in [1.54, 1.807) is 0 Å². The second-order valence-corrected chi connectivity index (χ2v) is 8.45. The van der Waals surface area contributed by atoms with Crippen LogP contribution >= 0.6 is 8.60 Å². The van der Waals surface area contributed by atoms with Crippen LogP contribution in [0.1, 0.15) is 103 Å². The number of rotatable bonds is 20. The lowest BCUT2D eigenvalue weighted by molar-refractivity contribution is 0.00284. The van der Waals surface area contributed by atoms with Gasteiger partial charge in [-0.2, -0.15) is 0 Å². The highest BCUT2D eigenvalue weighted by Crippen LogP contribution is 2.32. The first-order chi connectivity index (χ1) is 12.6. The molecule has 0 saturated carbocycles. The van der Waals surface area contributed by atoms with Crippen molar-refractivity contribution >= 4 is 8.60 Å². The molecule has 0 aliphatic rings. The van der Waals surface area contributed by atoms with Crippen LogP contribution in [0.5, 0.6) is 0 Å². The fourth-order valence-electron chi connectivity index (χ4n) is 3.26. The smallest absolute Gasteiger partial charge is 0.327 e. The minimum atomic E-state index is -2.44. The van der Waals surface area contributed by atoms with Crippen molar-refractivity contribution in [2.24, 2.45) is 5.41 Å². The molecule has 0 atom stereocenters. The van der Waals surface area contributed by atoms with E-state index in [2.05, 4.69) is 6.92 Å². The summed E-state index contributed by atoms with van der Waals surface area (Å²) in [5, 5.41) is 19.0. The van der Waals surface area contributed by atoms with Crippen molar-refractivity contribution in [3.05, 3.63) is 0 Å².